The summed E-state index contributed by atoms with van der Waals surface area (Å²) in [4.78, 5) is 12.0. The Balaban J connectivity index is 1.71. The Hall–Kier alpha value is -1.55. The molecule has 0 spiro atoms. The van der Waals surface area contributed by atoms with Gasteiger partial charge in [0.1, 0.15) is 0 Å². The standard InChI is InChI=1S/C17H26N2O2/c1-14(19-15-8-4-2-5-9-15)13-18-16(20)12-17(21)10-6-3-7-11-17/h2,4-5,8-9,14,19,21H,3,6-7,10-13H2,1H3,(H,18,20)/t14-/m0/s1. The van der Waals surface area contributed by atoms with Gasteiger partial charge in [0.05, 0.1) is 12.0 Å². The maximum atomic E-state index is 12.0. The number of carbonyl (C=O) groups is 1. The lowest BCUT2D eigenvalue weighted by Crippen LogP contribution is -2.41. The molecular formula is C17H26N2O2. The van der Waals surface area contributed by atoms with Crippen LogP contribution in [0.4, 0.5) is 5.69 Å². The molecule has 0 aliphatic heterocycles. The van der Waals surface area contributed by atoms with E-state index in [1.165, 1.54) is 6.42 Å². The van der Waals surface area contributed by atoms with Gasteiger partial charge in [0.25, 0.3) is 0 Å². The van der Waals surface area contributed by atoms with Gasteiger partial charge in [0.15, 0.2) is 0 Å². The largest absolute Gasteiger partial charge is 0.389 e. The van der Waals surface area contributed by atoms with E-state index in [9.17, 15) is 9.90 Å². The summed E-state index contributed by atoms with van der Waals surface area (Å²) in [6, 6.07) is 10.1. The highest BCUT2D eigenvalue weighted by molar-refractivity contribution is 5.77. The van der Waals surface area contributed by atoms with E-state index in [4.69, 9.17) is 0 Å². The second kappa shape index (κ2) is 7.46. The molecule has 0 unspecified atom stereocenters. The van der Waals surface area contributed by atoms with Crippen LogP contribution in [0, 0.1) is 0 Å². The van der Waals surface area contributed by atoms with Crippen LogP contribution in [0.5, 0.6) is 0 Å². The molecular weight excluding hydrogens is 264 g/mol. The maximum absolute atomic E-state index is 12.0. The van der Waals surface area contributed by atoms with Crippen LogP contribution in [-0.4, -0.2) is 29.2 Å². The minimum atomic E-state index is -0.779. The summed E-state index contributed by atoms with van der Waals surface area (Å²) in [7, 11) is 0. The fourth-order valence-corrected chi connectivity index (χ4v) is 2.88. The SMILES string of the molecule is C[C@@H](CNC(=O)CC1(O)CCCCC1)Nc1ccccc1. The molecule has 1 atom stereocenters. The number of benzene rings is 1. The van der Waals surface area contributed by atoms with Gasteiger partial charge < -0.3 is 15.7 Å². The zero-order valence-electron chi connectivity index (χ0n) is 12.8. The first-order chi connectivity index (χ1) is 10.1. The second-order valence-corrected chi connectivity index (χ2v) is 6.18. The molecule has 0 saturated heterocycles. The minimum Gasteiger partial charge on any atom is -0.389 e. The zero-order valence-corrected chi connectivity index (χ0v) is 12.8. The minimum absolute atomic E-state index is 0.0545. The third-order valence-corrected chi connectivity index (χ3v) is 4.07. The molecule has 1 amide bonds. The zero-order chi connectivity index (χ0) is 15.1. The van der Waals surface area contributed by atoms with Crippen molar-refractivity contribution < 1.29 is 9.90 Å². The van der Waals surface area contributed by atoms with Gasteiger partial charge >= 0.3 is 0 Å². The molecule has 1 aliphatic carbocycles. The molecule has 2 rings (SSSR count). The van der Waals surface area contributed by atoms with Gasteiger partial charge in [0.2, 0.25) is 5.91 Å². The predicted octanol–water partition coefficient (Wildman–Crippen LogP) is 2.69. The van der Waals surface area contributed by atoms with Crippen molar-refractivity contribution in [2.75, 3.05) is 11.9 Å². The summed E-state index contributed by atoms with van der Waals surface area (Å²) >= 11 is 0. The highest BCUT2D eigenvalue weighted by Gasteiger charge is 2.31. The van der Waals surface area contributed by atoms with Gasteiger partial charge in [0, 0.05) is 18.3 Å². The number of anilines is 1. The van der Waals surface area contributed by atoms with Crippen LogP contribution in [-0.2, 0) is 4.79 Å². The molecule has 0 aromatic heterocycles. The van der Waals surface area contributed by atoms with Crippen LogP contribution in [0.3, 0.4) is 0 Å². The summed E-state index contributed by atoms with van der Waals surface area (Å²) < 4.78 is 0. The van der Waals surface area contributed by atoms with Crippen molar-refractivity contribution in [3.63, 3.8) is 0 Å². The Bertz CT molecular complexity index is 441. The molecule has 4 heteroatoms. The molecule has 1 fully saturated rings. The Morgan fingerprint density at radius 2 is 1.90 bits per heavy atom. The molecule has 1 aromatic rings. The number of rotatable bonds is 6. The summed E-state index contributed by atoms with van der Waals surface area (Å²) in [5.41, 5.74) is 0.267. The van der Waals surface area contributed by atoms with E-state index >= 15 is 0 Å². The number of para-hydroxylation sites is 1. The number of hydrogen-bond acceptors (Lipinski definition) is 3. The Labute approximate surface area is 126 Å². The number of aliphatic hydroxyl groups is 1. The van der Waals surface area contributed by atoms with Crippen molar-refractivity contribution in [2.45, 2.75) is 57.1 Å². The van der Waals surface area contributed by atoms with Crippen LogP contribution >= 0.6 is 0 Å². The lowest BCUT2D eigenvalue weighted by molar-refractivity contribution is -0.127. The van der Waals surface area contributed by atoms with Crippen LogP contribution in [0.2, 0.25) is 0 Å². The predicted molar refractivity (Wildman–Crippen MR) is 85.2 cm³/mol. The van der Waals surface area contributed by atoms with E-state index in [0.29, 0.717) is 6.54 Å². The highest BCUT2D eigenvalue weighted by atomic mass is 16.3. The first kappa shape index (κ1) is 15.8. The van der Waals surface area contributed by atoms with Crippen LogP contribution < -0.4 is 10.6 Å². The number of nitrogens with one attached hydrogen (secondary N) is 2. The molecule has 21 heavy (non-hydrogen) atoms. The molecule has 1 saturated carbocycles. The number of carbonyl (C=O) groups excluding carboxylic acids is 1. The molecule has 1 aliphatic rings. The van der Waals surface area contributed by atoms with Gasteiger partial charge in [-0.1, -0.05) is 37.5 Å². The Morgan fingerprint density at radius 3 is 2.57 bits per heavy atom. The molecule has 3 N–H and O–H groups in total. The quantitative estimate of drug-likeness (QED) is 0.755. The van der Waals surface area contributed by atoms with Gasteiger partial charge in [-0.25, -0.2) is 0 Å². The third kappa shape index (κ3) is 5.38. The van der Waals surface area contributed by atoms with Crippen molar-refractivity contribution in [2.24, 2.45) is 0 Å². The van der Waals surface area contributed by atoms with Gasteiger partial charge in [-0.05, 0) is 31.9 Å². The van der Waals surface area contributed by atoms with Crippen molar-refractivity contribution in [3.8, 4) is 0 Å². The van der Waals surface area contributed by atoms with Gasteiger partial charge in [-0.2, -0.15) is 0 Å². The second-order valence-electron chi connectivity index (χ2n) is 6.18. The smallest absolute Gasteiger partial charge is 0.222 e. The third-order valence-electron chi connectivity index (χ3n) is 4.07. The van der Waals surface area contributed by atoms with Crippen molar-refractivity contribution in [3.05, 3.63) is 30.3 Å². The lowest BCUT2D eigenvalue weighted by atomic mass is 9.82. The van der Waals surface area contributed by atoms with E-state index in [0.717, 1.165) is 31.4 Å². The molecule has 1 aromatic carbocycles. The molecule has 0 heterocycles. The Kier molecular flexibility index (Phi) is 5.62. The first-order valence-electron chi connectivity index (χ1n) is 7.88. The molecule has 0 bridgehead atoms. The topological polar surface area (TPSA) is 61.4 Å². The highest BCUT2D eigenvalue weighted by Crippen LogP contribution is 2.30. The summed E-state index contributed by atoms with van der Waals surface area (Å²) in [6.45, 7) is 2.59. The maximum Gasteiger partial charge on any atom is 0.222 e. The van der Waals surface area contributed by atoms with Gasteiger partial charge in [-0.3, -0.25) is 4.79 Å². The van der Waals surface area contributed by atoms with Crippen molar-refractivity contribution in [1.29, 1.82) is 0 Å². The number of amides is 1. The van der Waals surface area contributed by atoms with Crippen LogP contribution in [0.25, 0.3) is 0 Å². The number of hydrogen-bond donors (Lipinski definition) is 3. The molecule has 4 nitrogen and oxygen atoms in total. The fourth-order valence-electron chi connectivity index (χ4n) is 2.88. The van der Waals surface area contributed by atoms with Crippen molar-refractivity contribution in [1.82, 2.24) is 5.32 Å². The van der Waals surface area contributed by atoms with Crippen LogP contribution in [0.1, 0.15) is 45.4 Å². The van der Waals surface area contributed by atoms with Crippen molar-refractivity contribution >= 4 is 11.6 Å². The monoisotopic (exact) mass is 290 g/mol. The summed E-state index contributed by atoms with van der Waals surface area (Å²) in [5, 5.41) is 16.6. The van der Waals surface area contributed by atoms with E-state index in [2.05, 4.69) is 10.6 Å². The Morgan fingerprint density at radius 1 is 1.24 bits per heavy atom. The molecule has 116 valence electrons. The normalized spacial score (nSPS) is 18.8. The molecule has 0 radical (unpaired) electrons. The van der Waals surface area contributed by atoms with E-state index in [-0.39, 0.29) is 18.4 Å². The van der Waals surface area contributed by atoms with E-state index in [1.54, 1.807) is 0 Å². The average molecular weight is 290 g/mol. The van der Waals surface area contributed by atoms with E-state index < -0.39 is 5.60 Å². The fraction of sp³-hybridized carbons (Fsp3) is 0.588. The van der Waals surface area contributed by atoms with Crippen LogP contribution in [0.15, 0.2) is 30.3 Å². The van der Waals surface area contributed by atoms with Gasteiger partial charge in [-0.15, -0.1) is 0 Å². The van der Waals surface area contributed by atoms with E-state index in [1.807, 2.05) is 37.3 Å². The summed E-state index contributed by atoms with van der Waals surface area (Å²) in [5.74, 6) is -0.0545. The average Bonchev–Trinajstić information content (AvgIpc) is 2.46. The summed E-state index contributed by atoms with van der Waals surface area (Å²) in [6.07, 6.45) is 4.94. The lowest BCUT2D eigenvalue weighted by Gasteiger charge is -2.31. The first-order valence-corrected chi connectivity index (χ1v) is 7.88.